The molecule has 0 N–H and O–H groups in total. The molecule has 1 amide bonds. The van der Waals surface area contributed by atoms with Crippen LogP contribution in [0.3, 0.4) is 0 Å². The van der Waals surface area contributed by atoms with E-state index in [2.05, 4.69) is 34.0 Å². The third kappa shape index (κ3) is 7.86. The van der Waals surface area contributed by atoms with E-state index in [4.69, 9.17) is 14.2 Å². The highest BCUT2D eigenvalue weighted by Gasteiger charge is 2.36. The lowest BCUT2D eigenvalue weighted by Crippen LogP contribution is -2.52. The average Bonchev–Trinajstić information content (AvgIpc) is 3.84. The van der Waals surface area contributed by atoms with Crippen LogP contribution in [0.15, 0.2) is 60.8 Å². The number of hydrogen-bond acceptors (Lipinski definition) is 7. The van der Waals surface area contributed by atoms with E-state index < -0.39 is 0 Å². The number of carbonyl (C=O) groups excluding carboxylic acids is 1. The molecular weight excluding hydrogens is 554 g/mol. The summed E-state index contributed by atoms with van der Waals surface area (Å²) in [6, 6.07) is 17.5. The molecule has 4 heterocycles. The Balaban J connectivity index is 0.942. The standard InChI is InChI=1S/C35H43N5O4/c1-26(40-24-29(36-37-40)13-10-28-11-14-31(15-12-28)43-30-7-4-3-5-8-30)23-32-16-17-34(44-32)27(2)35(41)39-20-18-38(19-21-39)25-33-9-6-22-42-33/h3-5,7-8,11-12,14-15,24,26-27,32-34H,6,9,16-23,25H2,1-2H3/t26-,27-,32+,33?,34-/m1/s1. The van der Waals surface area contributed by atoms with E-state index in [1.807, 2.05) is 77.3 Å². The molecule has 9 nitrogen and oxygen atoms in total. The molecule has 0 radical (unpaired) electrons. The summed E-state index contributed by atoms with van der Waals surface area (Å²) in [6.45, 7) is 9.45. The van der Waals surface area contributed by atoms with Crippen molar-refractivity contribution in [3.63, 3.8) is 0 Å². The van der Waals surface area contributed by atoms with E-state index in [9.17, 15) is 4.79 Å². The van der Waals surface area contributed by atoms with Crippen LogP contribution in [0.4, 0.5) is 0 Å². The molecule has 0 bridgehead atoms. The van der Waals surface area contributed by atoms with Crippen molar-refractivity contribution >= 4 is 5.91 Å². The van der Waals surface area contributed by atoms with Gasteiger partial charge >= 0.3 is 0 Å². The van der Waals surface area contributed by atoms with Crippen molar-refractivity contribution in [2.75, 3.05) is 39.3 Å². The molecule has 0 spiro atoms. The number of hydrogen-bond donors (Lipinski definition) is 0. The molecule has 3 saturated heterocycles. The first-order chi connectivity index (χ1) is 21.5. The van der Waals surface area contributed by atoms with Crippen LogP contribution in [-0.4, -0.2) is 88.3 Å². The highest BCUT2D eigenvalue weighted by atomic mass is 16.5. The van der Waals surface area contributed by atoms with Gasteiger partial charge in [0.05, 0.1) is 36.5 Å². The average molecular weight is 598 g/mol. The van der Waals surface area contributed by atoms with Crippen molar-refractivity contribution in [2.45, 2.75) is 70.3 Å². The zero-order valence-corrected chi connectivity index (χ0v) is 25.8. The van der Waals surface area contributed by atoms with E-state index in [0.717, 1.165) is 82.1 Å². The second kappa shape index (κ2) is 14.4. The zero-order chi connectivity index (χ0) is 30.3. The highest BCUT2D eigenvalue weighted by Crippen LogP contribution is 2.31. The van der Waals surface area contributed by atoms with Gasteiger partial charge in [-0.25, -0.2) is 4.68 Å². The first-order valence-electron chi connectivity index (χ1n) is 16.0. The van der Waals surface area contributed by atoms with Gasteiger partial charge in [-0.15, -0.1) is 5.10 Å². The predicted octanol–water partition coefficient (Wildman–Crippen LogP) is 4.93. The summed E-state index contributed by atoms with van der Waals surface area (Å²) in [6.07, 6.45) is 7.32. The zero-order valence-electron chi connectivity index (χ0n) is 25.8. The van der Waals surface area contributed by atoms with Crippen LogP contribution in [0.1, 0.15) is 63.3 Å². The molecule has 232 valence electrons. The summed E-state index contributed by atoms with van der Waals surface area (Å²) >= 11 is 0. The number of carbonyl (C=O) groups is 1. The normalized spacial score (nSPS) is 23.6. The molecule has 3 fully saturated rings. The predicted molar refractivity (Wildman–Crippen MR) is 167 cm³/mol. The van der Waals surface area contributed by atoms with Gasteiger partial charge in [-0.3, -0.25) is 9.69 Å². The Kier molecular flexibility index (Phi) is 9.91. The van der Waals surface area contributed by atoms with Gasteiger partial charge in [0.15, 0.2) is 5.69 Å². The largest absolute Gasteiger partial charge is 0.457 e. The van der Waals surface area contributed by atoms with Gasteiger partial charge in [0.2, 0.25) is 5.91 Å². The maximum atomic E-state index is 13.3. The first kappa shape index (κ1) is 30.3. The fraction of sp³-hybridized carbons (Fsp3) is 0.514. The van der Waals surface area contributed by atoms with Crippen LogP contribution in [0.2, 0.25) is 0 Å². The number of para-hydroxylation sites is 1. The number of nitrogens with zero attached hydrogens (tertiary/aromatic N) is 5. The molecule has 9 heteroatoms. The van der Waals surface area contributed by atoms with Crippen molar-refractivity contribution in [1.82, 2.24) is 24.8 Å². The number of benzene rings is 2. The van der Waals surface area contributed by atoms with Crippen molar-refractivity contribution in [3.05, 3.63) is 72.1 Å². The fourth-order valence-corrected chi connectivity index (χ4v) is 6.35. The van der Waals surface area contributed by atoms with Crippen LogP contribution in [-0.2, 0) is 14.3 Å². The Morgan fingerprint density at radius 1 is 0.955 bits per heavy atom. The number of piperazine rings is 1. The lowest BCUT2D eigenvalue weighted by Gasteiger charge is -2.37. The maximum Gasteiger partial charge on any atom is 0.228 e. The third-order valence-electron chi connectivity index (χ3n) is 8.99. The number of amides is 1. The Morgan fingerprint density at radius 3 is 2.48 bits per heavy atom. The molecule has 6 rings (SSSR count). The first-order valence-corrected chi connectivity index (χ1v) is 16.0. The summed E-state index contributed by atoms with van der Waals surface area (Å²) in [5, 5.41) is 8.59. The molecule has 0 saturated carbocycles. The lowest BCUT2D eigenvalue weighted by molar-refractivity contribution is -0.142. The van der Waals surface area contributed by atoms with Crippen molar-refractivity contribution in [2.24, 2.45) is 5.92 Å². The Bertz CT molecular complexity index is 1420. The SMILES string of the molecule is C[C@H](C[C@@H]1CC[C@H]([C@@H](C)C(=O)N2CCN(CC3CCCO3)CC2)O1)n1cc(C#Cc2ccc(Oc3ccccc3)cc2)nn1. The molecule has 3 aliphatic rings. The van der Waals surface area contributed by atoms with Gasteiger partial charge in [0.25, 0.3) is 0 Å². The fourth-order valence-electron chi connectivity index (χ4n) is 6.35. The van der Waals surface area contributed by atoms with Crippen LogP contribution < -0.4 is 4.74 Å². The summed E-state index contributed by atoms with van der Waals surface area (Å²) in [7, 11) is 0. The van der Waals surface area contributed by atoms with Crippen molar-refractivity contribution < 1.29 is 19.0 Å². The van der Waals surface area contributed by atoms with E-state index in [1.165, 1.54) is 6.42 Å². The summed E-state index contributed by atoms with van der Waals surface area (Å²) in [5.41, 5.74) is 1.50. The van der Waals surface area contributed by atoms with E-state index in [-0.39, 0.29) is 30.1 Å². The van der Waals surface area contributed by atoms with Crippen molar-refractivity contribution in [3.8, 4) is 23.3 Å². The number of rotatable bonds is 9. The van der Waals surface area contributed by atoms with Gasteiger partial charge in [0, 0.05) is 44.9 Å². The van der Waals surface area contributed by atoms with Gasteiger partial charge in [-0.05, 0) is 81.3 Å². The Labute approximate surface area is 260 Å². The van der Waals surface area contributed by atoms with E-state index in [1.54, 1.807) is 0 Å². The molecule has 1 unspecified atom stereocenters. The topological polar surface area (TPSA) is 82.0 Å². The van der Waals surface area contributed by atoms with Crippen LogP contribution in [0.25, 0.3) is 0 Å². The summed E-state index contributed by atoms with van der Waals surface area (Å²) < 4.78 is 19.9. The minimum absolute atomic E-state index is 0.0359. The Hall–Kier alpha value is -3.71. The monoisotopic (exact) mass is 597 g/mol. The molecule has 5 atom stereocenters. The Morgan fingerprint density at radius 2 is 1.73 bits per heavy atom. The van der Waals surface area contributed by atoms with Crippen LogP contribution in [0.5, 0.6) is 11.5 Å². The minimum atomic E-state index is -0.132. The van der Waals surface area contributed by atoms with E-state index in [0.29, 0.717) is 11.8 Å². The highest BCUT2D eigenvalue weighted by molar-refractivity contribution is 5.79. The second-order valence-electron chi connectivity index (χ2n) is 12.3. The third-order valence-corrected chi connectivity index (χ3v) is 8.99. The number of ether oxygens (including phenoxy) is 3. The second-order valence-corrected chi connectivity index (χ2v) is 12.3. The summed E-state index contributed by atoms with van der Waals surface area (Å²) in [4.78, 5) is 17.8. The molecular formula is C35H43N5O4. The van der Waals surface area contributed by atoms with Crippen molar-refractivity contribution in [1.29, 1.82) is 0 Å². The van der Waals surface area contributed by atoms with Gasteiger partial charge in [-0.2, -0.15) is 0 Å². The minimum Gasteiger partial charge on any atom is -0.457 e. The number of aromatic nitrogens is 3. The maximum absolute atomic E-state index is 13.3. The molecule has 2 aromatic carbocycles. The van der Waals surface area contributed by atoms with Gasteiger partial charge in [-0.1, -0.05) is 36.3 Å². The lowest BCUT2D eigenvalue weighted by atomic mass is 9.99. The molecule has 3 aliphatic heterocycles. The van der Waals surface area contributed by atoms with E-state index >= 15 is 0 Å². The quantitative estimate of drug-likeness (QED) is 0.324. The summed E-state index contributed by atoms with van der Waals surface area (Å²) in [5.74, 6) is 7.93. The molecule has 1 aromatic heterocycles. The van der Waals surface area contributed by atoms with Crippen LogP contribution in [0, 0.1) is 17.8 Å². The van der Waals surface area contributed by atoms with Gasteiger partial charge in [0.1, 0.15) is 11.5 Å². The molecule has 0 aliphatic carbocycles. The van der Waals surface area contributed by atoms with Crippen LogP contribution >= 0.6 is 0 Å². The molecule has 44 heavy (non-hydrogen) atoms. The smallest absolute Gasteiger partial charge is 0.228 e. The van der Waals surface area contributed by atoms with Gasteiger partial charge < -0.3 is 19.1 Å². The molecule has 3 aromatic rings.